The summed E-state index contributed by atoms with van der Waals surface area (Å²) in [5, 5.41) is 19.5. The Balaban J connectivity index is 1.68. The van der Waals surface area contributed by atoms with Gasteiger partial charge in [-0.3, -0.25) is 9.89 Å². The quantitative estimate of drug-likeness (QED) is 0.300. The van der Waals surface area contributed by atoms with Crippen LogP contribution in [-0.4, -0.2) is 34.7 Å². The van der Waals surface area contributed by atoms with E-state index in [1.165, 1.54) is 35.5 Å². The second-order valence-electron chi connectivity index (χ2n) is 7.65. The van der Waals surface area contributed by atoms with Gasteiger partial charge in [0.1, 0.15) is 11.6 Å². The first-order valence-electron chi connectivity index (χ1n) is 10.4. The number of fused-ring (bicyclic) bond motifs is 1. The second kappa shape index (κ2) is 9.64. The van der Waals surface area contributed by atoms with Crippen molar-refractivity contribution in [1.82, 2.24) is 15.1 Å². The van der Waals surface area contributed by atoms with Gasteiger partial charge in [0.25, 0.3) is 5.91 Å². The molecular weight excluding hydrogens is 466 g/mol. The molecule has 0 atom stereocenters. The van der Waals surface area contributed by atoms with E-state index in [2.05, 4.69) is 10.2 Å². The highest BCUT2D eigenvalue weighted by atomic mass is 35.5. The molecule has 7 nitrogen and oxygen atoms in total. The summed E-state index contributed by atoms with van der Waals surface area (Å²) in [5.74, 6) is -0.457. The molecular formula is C24H21ClF2N4O3. The van der Waals surface area contributed by atoms with E-state index in [1.807, 2.05) is 0 Å². The van der Waals surface area contributed by atoms with Crippen LogP contribution in [0.4, 0.5) is 8.78 Å². The van der Waals surface area contributed by atoms with Crippen LogP contribution in [0.3, 0.4) is 0 Å². The van der Waals surface area contributed by atoms with Crippen molar-refractivity contribution in [2.75, 3.05) is 13.7 Å². The third kappa shape index (κ3) is 4.38. The van der Waals surface area contributed by atoms with Crippen LogP contribution in [0.5, 0.6) is 5.75 Å². The number of carbonyl (C=O) groups excluding carboxylic acids is 1. The van der Waals surface area contributed by atoms with Crippen molar-refractivity contribution in [2.45, 2.75) is 20.1 Å². The Morgan fingerprint density at radius 2 is 2.12 bits per heavy atom. The van der Waals surface area contributed by atoms with Crippen molar-refractivity contribution < 1.29 is 23.0 Å². The van der Waals surface area contributed by atoms with Crippen LogP contribution in [0.25, 0.3) is 22.0 Å². The number of hydrogen-bond acceptors (Lipinski definition) is 4. The number of ether oxygens (including phenoxy) is 1. The van der Waals surface area contributed by atoms with E-state index in [0.29, 0.717) is 44.7 Å². The molecule has 10 heteroatoms. The van der Waals surface area contributed by atoms with Crippen molar-refractivity contribution in [2.24, 2.45) is 0 Å². The van der Waals surface area contributed by atoms with Gasteiger partial charge in [-0.2, -0.15) is 9.83 Å². The highest BCUT2D eigenvalue weighted by molar-refractivity contribution is 6.34. The molecule has 2 aromatic carbocycles. The van der Waals surface area contributed by atoms with Gasteiger partial charge in [-0.05, 0) is 36.8 Å². The number of nitrogens with zero attached hydrogens (tertiary/aromatic N) is 3. The Kier molecular flexibility index (Phi) is 6.65. The zero-order valence-electron chi connectivity index (χ0n) is 18.4. The number of alkyl halides is 1. The Morgan fingerprint density at radius 1 is 1.32 bits per heavy atom. The fourth-order valence-electron chi connectivity index (χ4n) is 3.85. The Bertz CT molecular complexity index is 1380. The van der Waals surface area contributed by atoms with Gasteiger partial charge >= 0.3 is 0 Å². The minimum atomic E-state index is -0.940. The van der Waals surface area contributed by atoms with Crippen LogP contribution in [0, 0.1) is 11.0 Å². The molecule has 0 unspecified atom stereocenters. The lowest BCUT2D eigenvalue weighted by Crippen LogP contribution is -2.34. The molecule has 1 amide bonds. The third-order valence-corrected chi connectivity index (χ3v) is 5.70. The van der Waals surface area contributed by atoms with Crippen molar-refractivity contribution in [1.29, 1.82) is 0 Å². The molecule has 2 heterocycles. The molecule has 0 spiro atoms. The fraction of sp³-hybridized carbons (Fsp3) is 0.208. The van der Waals surface area contributed by atoms with Gasteiger partial charge in [0.15, 0.2) is 12.9 Å². The summed E-state index contributed by atoms with van der Waals surface area (Å²) in [6.07, 6.45) is 2.61. The van der Waals surface area contributed by atoms with Crippen LogP contribution < -0.4 is 9.47 Å². The van der Waals surface area contributed by atoms with E-state index in [4.69, 9.17) is 16.3 Å². The molecule has 0 fully saturated rings. The van der Waals surface area contributed by atoms with E-state index in [-0.39, 0.29) is 28.7 Å². The number of aromatic amines is 1. The van der Waals surface area contributed by atoms with Gasteiger partial charge < -0.3 is 14.8 Å². The Morgan fingerprint density at radius 3 is 2.82 bits per heavy atom. The average Bonchev–Trinajstić information content (AvgIpc) is 3.28. The van der Waals surface area contributed by atoms with E-state index < -0.39 is 12.5 Å². The molecule has 0 bridgehead atoms. The number of benzene rings is 2. The van der Waals surface area contributed by atoms with Crippen LogP contribution >= 0.6 is 11.6 Å². The molecule has 4 rings (SSSR count). The van der Waals surface area contributed by atoms with Gasteiger partial charge in [0.2, 0.25) is 5.69 Å². The van der Waals surface area contributed by atoms with Crippen molar-refractivity contribution in [3.05, 3.63) is 81.7 Å². The molecule has 0 aliphatic rings. The van der Waals surface area contributed by atoms with E-state index in [0.717, 1.165) is 0 Å². The summed E-state index contributed by atoms with van der Waals surface area (Å²) in [5.41, 5.74) is 2.16. The van der Waals surface area contributed by atoms with Gasteiger partial charge in [0, 0.05) is 18.2 Å². The lowest BCUT2D eigenvalue weighted by atomic mass is 10.0. The summed E-state index contributed by atoms with van der Waals surface area (Å²) in [6, 6.07) is 8.99. The van der Waals surface area contributed by atoms with Gasteiger partial charge in [-0.15, -0.1) is 0 Å². The molecule has 0 radical (unpaired) electrons. The Labute approximate surface area is 199 Å². The largest absolute Gasteiger partial charge is 0.618 e. The standard InChI is InChI=1S/C24H21ClF2N4O3/c1-3-34-21-9-15(8-19(25)22(21)14-5-4-6-17(27)7-14)24(32)30(2)12-16-13-31(33)20(10-26)18-11-28-29-23(16)18/h4-9,11,13H,3,10,12H2,1-2H3,(H,28,29). The number of H-pyrrole nitrogens is 1. The molecule has 0 aliphatic carbocycles. The number of aromatic nitrogens is 3. The second-order valence-corrected chi connectivity index (χ2v) is 8.06. The molecule has 2 aromatic heterocycles. The van der Waals surface area contributed by atoms with Crippen LogP contribution in [-0.2, 0) is 13.2 Å². The third-order valence-electron chi connectivity index (χ3n) is 5.41. The highest BCUT2D eigenvalue weighted by Gasteiger charge is 2.22. The zero-order valence-corrected chi connectivity index (χ0v) is 19.2. The molecule has 0 aliphatic heterocycles. The minimum Gasteiger partial charge on any atom is -0.618 e. The van der Waals surface area contributed by atoms with E-state index in [1.54, 1.807) is 32.2 Å². The lowest BCUT2D eigenvalue weighted by molar-refractivity contribution is -0.614. The van der Waals surface area contributed by atoms with Crippen LogP contribution in [0.15, 0.2) is 48.8 Å². The molecule has 1 N–H and O–H groups in total. The first-order valence-corrected chi connectivity index (χ1v) is 10.8. The molecule has 0 saturated carbocycles. The zero-order chi connectivity index (χ0) is 24.4. The predicted octanol–water partition coefficient (Wildman–Crippen LogP) is 4.80. The first kappa shape index (κ1) is 23.4. The summed E-state index contributed by atoms with van der Waals surface area (Å²) in [6.45, 7) is 1.22. The highest BCUT2D eigenvalue weighted by Crippen LogP contribution is 2.38. The predicted molar refractivity (Wildman–Crippen MR) is 124 cm³/mol. The van der Waals surface area contributed by atoms with Crippen LogP contribution in [0.1, 0.15) is 28.5 Å². The monoisotopic (exact) mass is 486 g/mol. The minimum absolute atomic E-state index is 0.0532. The lowest BCUT2D eigenvalue weighted by Gasteiger charge is -2.20. The number of nitrogens with one attached hydrogen (secondary N) is 1. The van der Waals surface area contributed by atoms with Gasteiger partial charge in [0.05, 0.1) is 40.8 Å². The molecule has 0 saturated heterocycles. The number of carbonyl (C=O) groups is 1. The number of halogens is 3. The Hall–Kier alpha value is -3.72. The summed E-state index contributed by atoms with van der Waals surface area (Å²) in [7, 11) is 1.57. The molecule has 176 valence electrons. The normalized spacial score (nSPS) is 11.1. The SMILES string of the molecule is CCOc1cc(C(=O)N(C)Cc2c[n+]([O-])c(CF)c3cn[nH]c23)cc(Cl)c1-c1cccc(F)c1. The van der Waals surface area contributed by atoms with E-state index in [9.17, 15) is 18.8 Å². The maximum atomic E-state index is 13.8. The van der Waals surface area contributed by atoms with Crippen molar-refractivity contribution >= 4 is 28.4 Å². The van der Waals surface area contributed by atoms with Crippen molar-refractivity contribution in [3.63, 3.8) is 0 Å². The smallest absolute Gasteiger partial charge is 0.254 e. The van der Waals surface area contributed by atoms with Gasteiger partial charge in [-0.25, -0.2) is 8.78 Å². The molecule has 4 aromatic rings. The summed E-state index contributed by atoms with van der Waals surface area (Å²) in [4.78, 5) is 14.6. The fourth-order valence-corrected chi connectivity index (χ4v) is 4.17. The first-order chi connectivity index (χ1) is 16.3. The summed E-state index contributed by atoms with van der Waals surface area (Å²) >= 11 is 6.52. The van der Waals surface area contributed by atoms with E-state index >= 15 is 0 Å². The topological polar surface area (TPSA) is 85.2 Å². The summed E-state index contributed by atoms with van der Waals surface area (Å²) < 4.78 is 33.2. The van der Waals surface area contributed by atoms with Crippen LogP contribution in [0.2, 0.25) is 5.02 Å². The average molecular weight is 487 g/mol. The number of hydrogen-bond donors (Lipinski definition) is 1. The van der Waals surface area contributed by atoms with Gasteiger partial charge in [-0.1, -0.05) is 23.7 Å². The van der Waals surface area contributed by atoms with Crippen molar-refractivity contribution in [3.8, 4) is 16.9 Å². The maximum absolute atomic E-state index is 13.8. The number of pyridine rings is 1. The molecule has 34 heavy (non-hydrogen) atoms. The number of rotatable bonds is 7. The maximum Gasteiger partial charge on any atom is 0.254 e. The number of amides is 1.